The molecule has 1 amide bonds. The summed E-state index contributed by atoms with van der Waals surface area (Å²) in [5.41, 5.74) is 1.63. The summed E-state index contributed by atoms with van der Waals surface area (Å²) in [6.45, 7) is 2.84. The van der Waals surface area contributed by atoms with Gasteiger partial charge in [0, 0.05) is 11.6 Å². The molecule has 1 heterocycles. The van der Waals surface area contributed by atoms with E-state index in [0.29, 0.717) is 27.4 Å². The number of amides is 1. The molecule has 0 radical (unpaired) electrons. The van der Waals surface area contributed by atoms with Crippen molar-refractivity contribution in [1.29, 1.82) is 0 Å². The van der Waals surface area contributed by atoms with E-state index < -0.39 is 0 Å². The zero-order chi connectivity index (χ0) is 20.8. The molecule has 3 rings (SSSR count). The number of aliphatic imine (C=N–C) groups is 1. The second-order valence-electron chi connectivity index (χ2n) is 6.12. The summed E-state index contributed by atoms with van der Waals surface area (Å²) in [6.07, 6.45) is 7.93. The lowest BCUT2D eigenvalue weighted by Crippen LogP contribution is -2.29. The number of terminal acetylenes is 1. The van der Waals surface area contributed by atoms with Gasteiger partial charge < -0.3 is 4.74 Å². The van der Waals surface area contributed by atoms with E-state index in [1.54, 1.807) is 17.0 Å². The van der Waals surface area contributed by atoms with Crippen molar-refractivity contribution in [2.45, 2.75) is 13.3 Å². The molecule has 2 aromatic rings. The molecule has 0 aromatic heterocycles. The number of rotatable bonds is 6. The SMILES string of the molecule is C#CCOc1ccc(/C=C2\SC(=Nc3ccc(Cl)cc3)N(CCC)C2=O)cc1Br. The van der Waals surface area contributed by atoms with Gasteiger partial charge >= 0.3 is 0 Å². The molecule has 29 heavy (non-hydrogen) atoms. The lowest BCUT2D eigenvalue weighted by atomic mass is 10.2. The molecule has 0 atom stereocenters. The topological polar surface area (TPSA) is 41.9 Å². The molecule has 2 aromatic carbocycles. The van der Waals surface area contributed by atoms with Crippen molar-refractivity contribution >= 4 is 62.1 Å². The van der Waals surface area contributed by atoms with Gasteiger partial charge in [-0.25, -0.2) is 4.99 Å². The van der Waals surface area contributed by atoms with Gasteiger partial charge in [-0.05, 0) is 82.2 Å². The van der Waals surface area contributed by atoms with Gasteiger partial charge in [-0.2, -0.15) is 0 Å². The van der Waals surface area contributed by atoms with Crippen LogP contribution < -0.4 is 4.74 Å². The number of hydrogen-bond acceptors (Lipinski definition) is 4. The Bertz CT molecular complexity index is 1010. The van der Waals surface area contributed by atoms with Crippen molar-refractivity contribution in [3.8, 4) is 18.1 Å². The molecular weight excluding hydrogens is 472 g/mol. The minimum absolute atomic E-state index is 0.0478. The molecule has 1 fully saturated rings. The average molecular weight is 490 g/mol. The van der Waals surface area contributed by atoms with Crippen molar-refractivity contribution in [3.63, 3.8) is 0 Å². The van der Waals surface area contributed by atoms with Gasteiger partial charge in [0.25, 0.3) is 5.91 Å². The number of carbonyl (C=O) groups excluding carboxylic acids is 1. The number of ether oxygens (including phenoxy) is 1. The van der Waals surface area contributed by atoms with E-state index in [1.165, 1.54) is 11.8 Å². The van der Waals surface area contributed by atoms with Gasteiger partial charge in [0.15, 0.2) is 5.17 Å². The summed E-state index contributed by atoms with van der Waals surface area (Å²) >= 11 is 10.8. The van der Waals surface area contributed by atoms with E-state index in [0.717, 1.165) is 22.1 Å². The summed E-state index contributed by atoms with van der Waals surface area (Å²) in [5, 5.41) is 1.31. The number of carbonyl (C=O) groups is 1. The van der Waals surface area contributed by atoms with Gasteiger partial charge in [-0.3, -0.25) is 9.69 Å². The quantitative estimate of drug-likeness (QED) is 0.362. The molecule has 4 nitrogen and oxygen atoms in total. The number of hydrogen-bond donors (Lipinski definition) is 0. The Morgan fingerprint density at radius 1 is 1.31 bits per heavy atom. The van der Waals surface area contributed by atoms with Crippen molar-refractivity contribution in [3.05, 3.63) is 62.4 Å². The van der Waals surface area contributed by atoms with Crippen LogP contribution in [0.4, 0.5) is 5.69 Å². The van der Waals surface area contributed by atoms with Crippen LogP contribution in [0.2, 0.25) is 5.02 Å². The third-order valence-electron chi connectivity index (χ3n) is 3.95. The van der Waals surface area contributed by atoms with E-state index in [9.17, 15) is 4.79 Å². The molecule has 0 aliphatic carbocycles. The van der Waals surface area contributed by atoms with E-state index >= 15 is 0 Å². The van der Waals surface area contributed by atoms with Crippen LogP contribution in [0.15, 0.2) is 56.8 Å². The molecule has 1 aliphatic heterocycles. The zero-order valence-corrected chi connectivity index (χ0v) is 18.9. The number of thioether (sulfide) groups is 1. The first-order valence-corrected chi connectivity index (χ1v) is 10.9. The normalized spacial score (nSPS) is 16.5. The first kappa shape index (κ1) is 21.5. The van der Waals surface area contributed by atoms with Crippen molar-refractivity contribution in [1.82, 2.24) is 4.90 Å². The van der Waals surface area contributed by atoms with Crippen LogP contribution in [-0.2, 0) is 4.79 Å². The molecule has 0 spiro atoms. The van der Waals surface area contributed by atoms with Crippen molar-refractivity contribution < 1.29 is 9.53 Å². The van der Waals surface area contributed by atoms with Gasteiger partial charge in [0.2, 0.25) is 0 Å². The Morgan fingerprint density at radius 2 is 2.07 bits per heavy atom. The number of halogens is 2. The first-order chi connectivity index (χ1) is 14.0. The van der Waals surface area contributed by atoms with Crippen molar-refractivity contribution in [2.75, 3.05) is 13.2 Å². The maximum atomic E-state index is 12.9. The van der Waals surface area contributed by atoms with Crippen LogP contribution in [0.1, 0.15) is 18.9 Å². The van der Waals surface area contributed by atoms with Gasteiger partial charge in [-0.15, -0.1) is 6.42 Å². The predicted octanol–water partition coefficient (Wildman–Crippen LogP) is 6.13. The van der Waals surface area contributed by atoms with Crippen LogP contribution in [-0.4, -0.2) is 29.1 Å². The standard InChI is InChI=1S/C22H18BrClN2O2S/c1-3-11-26-21(27)20(29-22(26)25-17-8-6-16(24)7-9-17)14-15-5-10-19(18(23)13-15)28-12-4-2/h2,5-10,13-14H,3,11-12H2,1H3/b20-14-,25-22?. The smallest absolute Gasteiger partial charge is 0.266 e. The van der Waals surface area contributed by atoms with Crippen LogP contribution in [0.25, 0.3) is 6.08 Å². The van der Waals surface area contributed by atoms with E-state index in [2.05, 4.69) is 26.8 Å². The minimum atomic E-state index is -0.0478. The third-order valence-corrected chi connectivity index (χ3v) is 5.83. The number of amidine groups is 1. The number of nitrogens with zero attached hydrogens (tertiary/aromatic N) is 2. The average Bonchev–Trinajstić information content (AvgIpc) is 2.98. The molecular formula is C22H18BrClN2O2S. The fourth-order valence-electron chi connectivity index (χ4n) is 2.63. The Balaban J connectivity index is 1.88. The maximum Gasteiger partial charge on any atom is 0.266 e. The highest BCUT2D eigenvalue weighted by atomic mass is 79.9. The third kappa shape index (κ3) is 5.45. The number of benzene rings is 2. The predicted molar refractivity (Wildman–Crippen MR) is 125 cm³/mol. The van der Waals surface area contributed by atoms with Gasteiger partial charge in [0.05, 0.1) is 15.1 Å². The second-order valence-corrected chi connectivity index (χ2v) is 8.42. The molecule has 148 valence electrons. The molecule has 1 aliphatic rings. The van der Waals surface area contributed by atoms with E-state index in [1.807, 2.05) is 43.3 Å². The molecule has 0 bridgehead atoms. The highest BCUT2D eigenvalue weighted by Gasteiger charge is 2.32. The van der Waals surface area contributed by atoms with Crippen LogP contribution in [0.3, 0.4) is 0 Å². The monoisotopic (exact) mass is 488 g/mol. The molecule has 0 saturated carbocycles. The van der Waals surface area contributed by atoms with Crippen LogP contribution >= 0.6 is 39.3 Å². The minimum Gasteiger partial charge on any atom is -0.480 e. The lowest BCUT2D eigenvalue weighted by Gasteiger charge is -2.13. The molecule has 7 heteroatoms. The Labute approximate surface area is 188 Å². The fraction of sp³-hybridized carbons (Fsp3) is 0.182. The maximum absolute atomic E-state index is 12.9. The highest BCUT2D eigenvalue weighted by Crippen LogP contribution is 2.35. The molecule has 0 unspecified atom stereocenters. The summed E-state index contributed by atoms with van der Waals surface area (Å²) in [7, 11) is 0. The largest absolute Gasteiger partial charge is 0.480 e. The Kier molecular flexibility index (Phi) is 7.43. The summed E-state index contributed by atoms with van der Waals surface area (Å²) in [5.74, 6) is 3.05. The van der Waals surface area contributed by atoms with Crippen LogP contribution in [0.5, 0.6) is 5.75 Å². The van der Waals surface area contributed by atoms with Gasteiger partial charge in [-0.1, -0.05) is 30.5 Å². The summed E-state index contributed by atoms with van der Waals surface area (Å²) in [4.78, 5) is 19.9. The Morgan fingerprint density at radius 3 is 2.72 bits per heavy atom. The zero-order valence-electron chi connectivity index (χ0n) is 15.7. The van der Waals surface area contributed by atoms with E-state index in [4.69, 9.17) is 22.8 Å². The van der Waals surface area contributed by atoms with Gasteiger partial charge in [0.1, 0.15) is 12.4 Å². The first-order valence-electron chi connectivity index (χ1n) is 8.93. The van der Waals surface area contributed by atoms with Crippen molar-refractivity contribution in [2.24, 2.45) is 4.99 Å². The summed E-state index contributed by atoms with van der Waals surface area (Å²) < 4.78 is 6.24. The lowest BCUT2D eigenvalue weighted by molar-refractivity contribution is -0.122. The van der Waals surface area contributed by atoms with Crippen LogP contribution in [0, 0.1) is 12.3 Å². The fourth-order valence-corrected chi connectivity index (χ4v) is 4.29. The summed E-state index contributed by atoms with van der Waals surface area (Å²) in [6, 6.07) is 12.8. The second kappa shape index (κ2) is 10.0. The highest BCUT2D eigenvalue weighted by molar-refractivity contribution is 9.10. The Hall–Kier alpha value is -2.20. The molecule has 1 saturated heterocycles. The molecule has 0 N–H and O–H groups in total. The van der Waals surface area contributed by atoms with E-state index in [-0.39, 0.29) is 12.5 Å².